The molecular formula is C11H7FN2S. The number of hydrogen-bond donors (Lipinski definition) is 1. The molecule has 0 radical (unpaired) electrons. The summed E-state index contributed by atoms with van der Waals surface area (Å²) in [7, 11) is 0. The Hall–Kier alpha value is -1.86. The minimum absolute atomic E-state index is 0.284. The Bertz CT molecular complexity index is 523. The van der Waals surface area contributed by atoms with Gasteiger partial charge >= 0.3 is 0 Å². The molecule has 2 aromatic rings. The van der Waals surface area contributed by atoms with E-state index in [0.717, 1.165) is 11.1 Å². The number of nitrogens with two attached hydrogens (primary N) is 1. The molecule has 4 heteroatoms. The molecule has 74 valence electrons. The van der Waals surface area contributed by atoms with Crippen molar-refractivity contribution in [3.8, 4) is 17.2 Å². The van der Waals surface area contributed by atoms with Crippen LogP contribution in [-0.4, -0.2) is 0 Å². The van der Waals surface area contributed by atoms with Crippen LogP contribution in [0.5, 0.6) is 0 Å². The lowest BCUT2D eigenvalue weighted by Gasteiger charge is -1.99. The zero-order valence-electron chi connectivity index (χ0n) is 7.70. The van der Waals surface area contributed by atoms with Gasteiger partial charge in [0.25, 0.3) is 0 Å². The first-order valence-electron chi connectivity index (χ1n) is 4.25. The molecule has 0 atom stereocenters. The van der Waals surface area contributed by atoms with Crippen molar-refractivity contribution < 1.29 is 4.39 Å². The summed E-state index contributed by atoms with van der Waals surface area (Å²) >= 11 is 1.30. The molecule has 2 N–H and O–H groups in total. The Morgan fingerprint density at radius 2 is 1.93 bits per heavy atom. The quantitative estimate of drug-likeness (QED) is 0.799. The van der Waals surface area contributed by atoms with Gasteiger partial charge in [0.2, 0.25) is 0 Å². The number of halogens is 1. The summed E-state index contributed by atoms with van der Waals surface area (Å²) in [5.41, 5.74) is 7.86. The molecule has 0 aliphatic rings. The predicted octanol–water partition coefficient (Wildman–Crippen LogP) is 3.01. The summed E-state index contributed by atoms with van der Waals surface area (Å²) in [6, 6.07) is 8.06. The second-order valence-corrected chi connectivity index (χ2v) is 3.89. The first-order valence-corrected chi connectivity index (χ1v) is 5.13. The van der Waals surface area contributed by atoms with Gasteiger partial charge < -0.3 is 5.73 Å². The first kappa shape index (κ1) is 9.69. The summed E-state index contributed by atoms with van der Waals surface area (Å²) in [4.78, 5) is 0.495. The molecule has 0 aliphatic carbocycles. The van der Waals surface area contributed by atoms with Crippen LogP contribution in [0, 0.1) is 17.1 Å². The van der Waals surface area contributed by atoms with Crippen molar-refractivity contribution >= 4 is 17.0 Å². The molecule has 1 aromatic carbocycles. The minimum atomic E-state index is -0.284. The highest BCUT2D eigenvalue weighted by Gasteiger charge is 2.09. The molecule has 0 aliphatic heterocycles. The summed E-state index contributed by atoms with van der Waals surface area (Å²) in [6.45, 7) is 0. The number of nitrogens with zero attached hydrogens (tertiary/aromatic N) is 1. The zero-order chi connectivity index (χ0) is 10.8. The van der Waals surface area contributed by atoms with Gasteiger partial charge in [0.05, 0.1) is 5.69 Å². The molecule has 0 fully saturated rings. The average Bonchev–Trinajstić information content (AvgIpc) is 2.61. The normalized spacial score (nSPS) is 9.87. The lowest BCUT2D eigenvalue weighted by Crippen LogP contribution is -1.88. The summed E-state index contributed by atoms with van der Waals surface area (Å²) in [6.07, 6.45) is 0. The fourth-order valence-electron chi connectivity index (χ4n) is 1.31. The van der Waals surface area contributed by atoms with Crippen molar-refractivity contribution in [1.29, 1.82) is 5.26 Å². The number of benzene rings is 1. The fraction of sp³-hybridized carbons (Fsp3) is 0. The second-order valence-electron chi connectivity index (χ2n) is 3.01. The SMILES string of the molecule is N#Cc1scc(-c2ccc(F)cc2)c1N. The van der Waals surface area contributed by atoms with Crippen molar-refractivity contribution in [3.05, 3.63) is 40.3 Å². The molecule has 1 aromatic heterocycles. The zero-order valence-corrected chi connectivity index (χ0v) is 8.51. The van der Waals surface area contributed by atoms with E-state index in [1.165, 1.54) is 23.5 Å². The number of anilines is 1. The Balaban J connectivity index is 2.51. The van der Waals surface area contributed by atoms with Crippen LogP contribution >= 0.6 is 11.3 Å². The van der Waals surface area contributed by atoms with E-state index in [2.05, 4.69) is 0 Å². The topological polar surface area (TPSA) is 49.8 Å². The first-order chi connectivity index (χ1) is 7.22. The molecule has 0 unspecified atom stereocenters. The third kappa shape index (κ3) is 1.69. The summed E-state index contributed by atoms with van der Waals surface area (Å²) in [5, 5.41) is 10.5. The monoisotopic (exact) mass is 218 g/mol. The Morgan fingerprint density at radius 3 is 2.47 bits per heavy atom. The van der Waals surface area contributed by atoms with Crippen molar-refractivity contribution in [2.75, 3.05) is 5.73 Å². The number of thiophene rings is 1. The molecule has 0 saturated carbocycles. The molecule has 15 heavy (non-hydrogen) atoms. The maximum absolute atomic E-state index is 12.7. The van der Waals surface area contributed by atoms with E-state index in [-0.39, 0.29) is 5.82 Å². The van der Waals surface area contributed by atoms with Gasteiger partial charge in [-0.25, -0.2) is 4.39 Å². The molecule has 0 spiro atoms. The van der Waals surface area contributed by atoms with Gasteiger partial charge in [-0.2, -0.15) is 5.26 Å². The standard InChI is InChI=1S/C11H7FN2S/c12-8-3-1-7(2-4-8)9-6-15-10(5-13)11(9)14/h1-4,6H,14H2. The molecular weight excluding hydrogens is 211 g/mol. The largest absolute Gasteiger partial charge is 0.396 e. The highest BCUT2D eigenvalue weighted by Crippen LogP contribution is 2.33. The Kier molecular flexibility index (Phi) is 2.40. The molecule has 0 amide bonds. The van der Waals surface area contributed by atoms with Gasteiger partial charge in [0.15, 0.2) is 0 Å². The summed E-state index contributed by atoms with van der Waals surface area (Å²) < 4.78 is 12.7. The summed E-state index contributed by atoms with van der Waals surface area (Å²) in [5.74, 6) is -0.284. The Labute approximate surface area is 90.4 Å². The Morgan fingerprint density at radius 1 is 1.27 bits per heavy atom. The van der Waals surface area contributed by atoms with E-state index in [0.29, 0.717) is 10.6 Å². The lowest BCUT2D eigenvalue weighted by atomic mass is 10.1. The number of hydrogen-bond acceptors (Lipinski definition) is 3. The highest BCUT2D eigenvalue weighted by molar-refractivity contribution is 7.11. The molecule has 0 saturated heterocycles. The van der Waals surface area contributed by atoms with Crippen LogP contribution < -0.4 is 5.73 Å². The van der Waals surface area contributed by atoms with Crippen LogP contribution in [0.2, 0.25) is 0 Å². The average molecular weight is 218 g/mol. The van der Waals surface area contributed by atoms with Crippen molar-refractivity contribution in [1.82, 2.24) is 0 Å². The molecule has 1 heterocycles. The maximum atomic E-state index is 12.7. The van der Waals surface area contributed by atoms with Gasteiger partial charge in [-0.1, -0.05) is 12.1 Å². The fourth-order valence-corrected chi connectivity index (χ4v) is 2.10. The van der Waals surface area contributed by atoms with E-state index in [1.807, 2.05) is 6.07 Å². The van der Waals surface area contributed by atoms with Crippen molar-refractivity contribution in [2.24, 2.45) is 0 Å². The predicted molar refractivity (Wildman–Crippen MR) is 58.8 cm³/mol. The number of rotatable bonds is 1. The third-order valence-corrected chi connectivity index (χ3v) is 2.99. The highest BCUT2D eigenvalue weighted by atomic mass is 32.1. The molecule has 2 nitrogen and oxygen atoms in total. The van der Waals surface area contributed by atoms with Gasteiger partial charge in [-0.05, 0) is 17.7 Å². The third-order valence-electron chi connectivity index (χ3n) is 2.09. The van der Waals surface area contributed by atoms with E-state index in [4.69, 9.17) is 11.0 Å². The van der Waals surface area contributed by atoms with E-state index >= 15 is 0 Å². The number of nitriles is 1. The van der Waals surface area contributed by atoms with Crippen LogP contribution in [0.3, 0.4) is 0 Å². The van der Waals surface area contributed by atoms with Gasteiger partial charge in [-0.3, -0.25) is 0 Å². The van der Waals surface area contributed by atoms with Gasteiger partial charge in [0.1, 0.15) is 16.8 Å². The van der Waals surface area contributed by atoms with Crippen LogP contribution in [-0.2, 0) is 0 Å². The smallest absolute Gasteiger partial charge is 0.128 e. The molecule has 2 rings (SSSR count). The van der Waals surface area contributed by atoms with Crippen molar-refractivity contribution in [2.45, 2.75) is 0 Å². The van der Waals surface area contributed by atoms with E-state index in [9.17, 15) is 4.39 Å². The van der Waals surface area contributed by atoms with Crippen LogP contribution in [0.1, 0.15) is 4.88 Å². The van der Waals surface area contributed by atoms with E-state index in [1.54, 1.807) is 17.5 Å². The van der Waals surface area contributed by atoms with Crippen LogP contribution in [0.4, 0.5) is 10.1 Å². The lowest BCUT2D eigenvalue weighted by molar-refractivity contribution is 0.628. The maximum Gasteiger partial charge on any atom is 0.128 e. The molecule has 0 bridgehead atoms. The second kappa shape index (κ2) is 3.71. The van der Waals surface area contributed by atoms with Crippen molar-refractivity contribution in [3.63, 3.8) is 0 Å². The van der Waals surface area contributed by atoms with Crippen LogP contribution in [0.15, 0.2) is 29.6 Å². The van der Waals surface area contributed by atoms with Crippen LogP contribution in [0.25, 0.3) is 11.1 Å². The van der Waals surface area contributed by atoms with Gasteiger partial charge in [0, 0.05) is 10.9 Å². The van der Waals surface area contributed by atoms with E-state index < -0.39 is 0 Å². The number of nitrogen functional groups attached to an aromatic ring is 1. The minimum Gasteiger partial charge on any atom is -0.396 e. The van der Waals surface area contributed by atoms with Gasteiger partial charge in [-0.15, -0.1) is 11.3 Å².